The average Bonchev–Trinajstić information content (AvgIpc) is 2.73. The number of carbonyl (C=O) groups is 2. The number of hydrogen-bond donors (Lipinski definition) is 1. The van der Waals surface area contributed by atoms with Crippen LogP contribution in [0.5, 0.6) is 11.5 Å². The number of hydrogen-bond acceptors (Lipinski definition) is 5. The fourth-order valence-electron chi connectivity index (χ4n) is 3.14. The smallest absolute Gasteiger partial charge is 0.242 e. The first kappa shape index (κ1) is 19.8. The zero-order chi connectivity index (χ0) is 20.1. The van der Waals surface area contributed by atoms with Crippen LogP contribution in [0.25, 0.3) is 0 Å². The summed E-state index contributed by atoms with van der Waals surface area (Å²) in [7, 11) is 1.58. The number of aromatic hydroxyl groups is 1. The number of phenols is 1. The Bertz CT molecular complexity index is 836. The van der Waals surface area contributed by atoms with Crippen LogP contribution in [0, 0.1) is 0 Å². The van der Waals surface area contributed by atoms with Gasteiger partial charge in [0.05, 0.1) is 12.1 Å². The third-order valence-corrected chi connectivity index (χ3v) is 5.06. The van der Waals surface area contributed by atoms with Crippen molar-refractivity contribution >= 4 is 35.3 Å². The van der Waals surface area contributed by atoms with Crippen LogP contribution >= 0.6 is 11.6 Å². The van der Waals surface area contributed by atoms with E-state index in [2.05, 4.69) is 4.90 Å². The highest BCUT2D eigenvalue weighted by Gasteiger charge is 2.23. The molecule has 2 aromatic rings. The Morgan fingerprint density at radius 1 is 1.18 bits per heavy atom. The van der Waals surface area contributed by atoms with E-state index in [0.29, 0.717) is 49.0 Å². The molecular weight excluding hydrogens is 382 g/mol. The second kappa shape index (κ2) is 8.84. The van der Waals surface area contributed by atoms with E-state index in [-0.39, 0.29) is 18.2 Å². The minimum absolute atomic E-state index is 0.0386. The highest BCUT2D eigenvalue weighted by Crippen LogP contribution is 2.29. The Hall–Kier alpha value is -2.93. The molecule has 2 aromatic carbocycles. The molecule has 0 radical (unpaired) electrons. The number of ether oxygens (including phenoxy) is 1. The lowest BCUT2D eigenvalue weighted by atomic mass is 10.2. The molecule has 0 spiro atoms. The molecule has 0 aromatic heterocycles. The molecule has 148 valence electrons. The third-order valence-electron chi connectivity index (χ3n) is 4.75. The molecule has 0 saturated carbocycles. The summed E-state index contributed by atoms with van der Waals surface area (Å²) >= 11 is 6.08. The Morgan fingerprint density at radius 3 is 2.46 bits per heavy atom. The number of benzene rings is 2. The number of rotatable bonds is 6. The highest BCUT2D eigenvalue weighted by atomic mass is 35.5. The van der Waals surface area contributed by atoms with Gasteiger partial charge in [0.15, 0.2) is 0 Å². The van der Waals surface area contributed by atoms with Gasteiger partial charge in [0.25, 0.3) is 0 Å². The molecule has 7 nitrogen and oxygen atoms in total. The molecule has 2 amide bonds. The van der Waals surface area contributed by atoms with Gasteiger partial charge in [0.2, 0.25) is 12.3 Å². The van der Waals surface area contributed by atoms with Crippen LogP contribution in [0.3, 0.4) is 0 Å². The van der Waals surface area contributed by atoms with Crippen molar-refractivity contribution in [2.45, 2.75) is 0 Å². The predicted molar refractivity (Wildman–Crippen MR) is 108 cm³/mol. The summed E-state index contributed by atoms with van der Waals surface area (Å²) in [6, 6.07) is 11.8. The summed E-state index contributed by atoms with van der Waals surface area (Å²) < 4.78 is 5.26. The van der Waals surface area contributed by atoms with Gasteiger partial charge in [-0.3, -0.25) is 9.59 Å². The average molecular weight is 404 g/mol. The van der Waals surface area contributed by atoms with Crippen molar-refractivity contribution in [2.75, 3.05) is 49.6 Å². The van der Waals surface area contributed by atoms with Crippen LogP contribution < -0.4 is 14.5 Å². The lowest BCUT2D eigenvalue weighted by molar-refractivity contribution is -0.130. The molecule has 1 aliphatic heterocycles. The maximum Gasteiger partial charge on any atom is 0.242 e. The van der Waals surface area contributed by atoms with Crippen LogP contribution in [0.15, 0.2) is 42.5 Å². The van der Waals surface area contributed by atoms with E-state index in [1.54, 1.807) is 30.2 Å². The second-order valence-corrected chi connectivity index (χ2v) is 6.84. The van der Waals surface area contributed by atoms with Crippen molar-refractivity contribution in [1.29, 1.82) is 0 Å². The molecule has 0 bridgehead atoms. The van der Waals surface area contributed by atoms with Crippen molar-refractivity contribution in [3.63, 3.8) is 0 Å². The van der Waals surface area contributed by atoms with Gasteiger partial charge in [0.1, 0.15) is 18.0 Å². The van der Waals surface area contributed by atoms with Gasteiger partial charge in [-0.05, 0) is 36.4 Å². The molecule has 1 heterocycles. The summed E-state index contributed by atoms with van der Waals surface area (Å²) in [6.07, 6.45) is 0.626. The number of halogens is 1. The van der Waals surface area contributed by atoms with Crippen molar-refractivity contribution in [1.82, 2.24) is 4.90 Å². The van der Waals surface area contributed by atoms with Crippen LogP contribution in [0.1, 0.15) is 0 Å². The number of amides is 2. The van der Waals surface area contributed by atoms with E-state index in [0.717, 1.165) is 5.69 Å². The van der Waals surface area contributed by atoms with Crippen LogP contribution in [-0.2, 0) is 9.59 Å². The normalized spacial score (nSPS) is 13.9. The minimum Gasteiger partial charge on any atom is -0.508 e. The second-order valence-electron chi connectivity index (χ2n) is 6.44. The Kier molecular flexibility index (Phi) is 6.26. The fraction of sp³-hybridized carbons (Fsp3) is 0.300. The highest BCUT2D eigenvalue weighted by molar-refractivity contribution is 6.32. The summed E-state index contributed by atoms with van der Waals surface area (Å²) in [5.74, 6) is 0.609. The van der Waals surface area contributed by atoms with Gasteiger partial charge in [-0.25, -0.2) is 0 Å². The summed E-state index contributed by atoms with van der Waals surface area (Å²) in [5.41, 5.74) is 1.56. The van der Waals surface area contributed by atoms with Gasteiger partial charge in [-0.1, -0.05) is 11.6 Å². The molecule has 8 heteroatoms. The van der Waals surface area contributed by atoms with Crippen molar-refractivity contribution < 1.29 is 19.4 Å². The van der Waals surface area contributed by atoms with Gasteiger partial charge >= 0.3 is 0 Å². The van der Waals surface area contributed by atoms with Gasteiger partial charge in [0, 0.05) is 43.6 Å². The largest absolute Gasteiger partial charge is 0.508 e. The first-order valence-corrected chi connectivity index (χ1v) is 9.27. The number of nitrogens with zero attached hydrogens (tertiary/aromatic N) is 3. The zero-order valence-corrected chi connectivity index (χ0v) is 16.3. The van der Waals surface area contributed by atoms with Crippen molar-refractivity contribution in [3.8, 4) is 11.5 Å². The summed E-state index contributed by atoms with van der Waals surface area (Å²) in [5, 5.41) is 9.92. The van der Waals surface area contributed by atoms with E-state index in [1.165, 1.54) is 17.0 Å². The monoisotopic (exact) mass is 403 g/mol. The van der Waals surface area contributed by atoms with E-state index < -0.39 is 0 Å². The number of anilines is 2. The van der Waals surface area contributed by atoms with E-state index in [1.807, 2.05) is 12.1 Å². The number of methoxy groups -OCH3 is 1. The maximum absolute atomic E-state index is 12.6. The number of piperazine rings is 1. The quantitative estimate of drug-likeness (QED) is 0.749. The SMILES string of the molecule is COc1cc(N2CCN(C(=O)CN(C=O)c3ccc(O)cc3)CC2)ccc1Cl. The Morgan fingerprint density at radius 2 is 1.86 bits per heavy atom. The molecular formula is C20H22ClN3O4. The minimum atomic E-state index is -0.117. The topological polar surface area (TPSA) is 73.3 Å². The first-order chi connectivity index (χ1) is 13.5. The third kappa shape index (κ3) is 4.48. The van der Waals surface area contributed by atoms with Crippen LogP contribution in [0.4, 0.5) is 11.4 Å². The molecule has 28 heavy (non-hydrogen) atoms. The van der Waals surface area contributed by atoms with Gasteiger partial charge in [-0.15, -0.1) is 0 Å². The van der Waals surface area contributed by atoms with E-state index in [4.69, 9.17) is 16.3 Å². The first-order valence-electron chi connectivity index (χ1n) is 8.89. The molecule has 0 unspecified atom stereocenters. The molecule has 1 aliphatic rings. The van der Waals surface area contributed by atoms with Crippen molar-refractivity contribution in [2.24, 2.45) is 0 Å². The lowest BCUT2D eigenvalue weighted by Gasteiger charge is -2.36. The summed E-state index contributed by atoms with van der Waals surface area (Å²) in [4.78, 5) is 29.3. The predicted octanol–water partition coefficient (Wildman–Crippen LogP) is 2.37. The van der Waals surface area contributed by atoms with E-state index >= 15 is 0 Å². The van der Waals surface area contributed by atoms with Crippen LogP contribution in [0.2, 0.25) is 5.02 Å². The maximum atomic E-state index is 12.6. The molecule has 1 N–H and O–H groups in total. The summed E-state index contributed by atoms with van der Waals surface area (Å²) in [6.45, 7) is 2.44. The molecule has 3 rings (SSSR count). The molecule has 1 saturated heterocycles. The van der Waals surface area contributed by atoms with Crippen molar-refractivity contribution in [3.05, 3.63) is 47.5 Å². The lowest BCUT2D eigenvalue weighted by Crippen LogP contribution is -2.51. The Balaban J connectivity index is 1.58. The molecule has 0 aliphatic carbocycles. The van der Waals surface area contributed by atoms with Gasteiger partial charge < -0.3 is 24.5 Å². The van der Waals surface area contributed by atoms with Crippen LogP contribution in [-0.4, -0.2) is 62.2 Å². The number of phenolic OH excluding ortho intramolecular Hbond substituents is 1. The molecule has 1 fully saturated rings. The standard InChI is InChI=1S/C20H22ClN3O4/c1-28-19-12-16(4-7-18(19)21)22-8-10-23(11-9-22)20(27)13-24(14-25)15-2-5-17(26)6-3-15/h2-7,12,14,26H,8-11,13H2,1H3. The van der Waals surface area contributed by atoms with Gasteiger partial charge in [-0.2, -0.15) is 0 Å². The molecule has 0 atom stereocenters. The van der Waals surface area contributed by atoms with E-state index in [9.17, 15) is 14.7 Å². The Labute approximate surface area is 168 Å². The fourth-order valence-corrected chi connectivity index (χ4v) is 3.33. The zero-order valence-electron chi connectivity index (χ0n) is 15.5. The number of carbonyl (C=O) groups excluding carboxylic acids is 2.